The van der Waals surface area contributed by atoms with E-state index in [4.69, 9.17) is 18.9 Å². The highest BCUT2D eigenvalue weighted by Crippen LogP contribution is 2.37. The summed E-state index contributed by atoms with van der Waals surface area (Å²) in [6.07, 6.45) is 3.07. The number of anilines is 2. The molecule has 0 radical (unpaired) electrons. The van der Waals surface area contributed by atoms with Crippen molar-refractivity contribution < 1.29 is 28.5 Å². The van der Waals surface area contributed by atoms with Gasteiger partial charge in [0.05, 0.1) is 38.8 Å². The SMILES string of the molecule is CCOc1cc(NC(=O)c2ccccc2)c(OCC)cc1NC(=O)/C=C/c1ccc(OC)c(OC)c1. The number of methoxy groups -OCH3 is 2. The summed E-state index contributed by atoms with van der Waals surface area (Å²) in [5.74, 6) is 1.32. The zero-order valence-electron chi connectivity index (χ0n) is 20.8. The molecule has 0 bridgehead atoms. The number of ether oxygens (including phenoxy) is 4. The summed E-state index contributed by atoms with van der Waals surface area (Å²) in [6.45, 7) is 4.41. The molecule has 2 amide bonds. The highest BCUT2D eigenvalue weighted by molar-refractivity contribution is 6.06. The van der Waals surface area contributed by atoms with E-state index in [1.807, 2.05) is 26.0 Å². The van der Waals surface area contributed by atoms with Crippen molar-refractivity contribution >= 4 is 29.3 Å². The van der Waals surface area contributed by atoms with Crippen LogP contribution in [0.3, 0.4) is 0 Å². The number of benzene rings is 3. The van der Waals surface area contributed by atoms with Gasteiger partial charge in [-0.3, -0.25) is 9.59 Å². The van der Waals surface area contributed by atoms with Crippen LogP contribution in [-0.4, -0.2) is 39.2 Å². The van der Waals surface area contributed by atoms with Crippen molar-refractivity contribution in [2.24, 2.45) is 0 Å². The van der Waals surface area contributed by atoms with Crippen molar-refractivity contribution in [1.82, 2.24) is 0 Å². The summed E-state index contributed by atoms with van der Waals surface area (Å²) < 4.78 is 22.0. The van der Waals surface area contributed by atoms with Gasteiger partial charge < -0.3 is 29.6 Å². The molecule has 3 rings (SSSR count). The molecule has 0 aliphatic heterocycles. The molecule has 3 aromatic carbocycles. The molecule has 2 N–H and O–H groups in total. The van der Waals surface area contributed by atoms with Crippen LogP contribution in [0.25, 0.3) is 6.08 Å². The van der Waals surface area contributed by atoms with Crippen molar-refractivity contribution in [2.45, 2.75) is 13.8 Å². The lowest BCUT2D eigenvalue weighted by Crippen LogP contribution is -2.14. The summed E-state index contributed by atoms with van der Waals surface area (Å²) in [5, 5.41) is 5.69. The van der Waals surface area contributed by atoms with Gasteiger partial charge >= 0.3 is 0 Å². The summed E-state index contributed by atoms with van der Waals surface area (Å²) in [5.41, 5.74) is 2.13. The third-order valence-corrected chi connectivity index (χ3v) is 5.06. The number of rotatable bonds is 11. The quantitative estimate of drug-likeness (QED) is 0.349. The lowest BCUT2D eigenvalue weighted by atomic mass is 10.1. The molecule has 0 unspecified atom stereocenters. The van der Waals surface area contributed by atoms with Crippen LogP contribution in [0.2, 0.25) is 0 Å². The van der Waals surface area contributed by atoms with Gasteiger partial charge in [0.25, 0.3) is 5.91 Å². The Kier molecular flexibility index (Phi) is 9.33. The lowest BCUT2D eigenvalue weighted by Gasteiger charge is -2.17. The Balaban J connectivity index is 1.84. The number of carbonyl (C=O) groups excluding carboxylic acids is 2. The van der Waals surface area contributed by atoms with Gasteiger partial charge in [0.1, 0.15) is 11.5 Å². The van der Waals surface area contributed by atoms with Crippen LogP contribution in [0.5, 0.6) is 23.0 Å². The molecule has 0 aliphatic carbocycles. The number of amides is 2. The summed E-state index contributed by atoms with van der Waals surface area (Å²) in [4.78, 5) is 25.4. The van der Waals surface area contributed by atoms with Crippen LogP contribution in [-0.2, 0) is 4.79 Å². The minimum atomic E-state index is -0.366. The van der Waals surface area contributed by atoms with Crippen LogP contribution in [0.15, 0.2) is 66.7 Å². The number of hydrogen-bond donors (Lipinski definition) is 2. The van der Waals surface area contributed by atoms with E-state index in [9.17, 15) is 9.59 Å². The Hall–Kier alpha value is -4.46. The first-order chi connectivity index (χ1) is 17.5. The van der Waals surface area contributed by atoms with Gasteiger partial charge in [0.2, 0.25) is 5.91 Å². The third kappa shape index (κ3) is 6.79. The third-order valence-electron chi connectivity index (χ3n) is 5.06. The van der Waals surface area contributed by atoms with Crippen LogP contribution in [0.4, 0.5) is 11.4 Å². The smallest absolute Gasteiger partial charge is 0.255 e. The highest BCUT2D eigenvalue weighted by atomic mass is 16.5. The van der Waals surface area contributed by atoms with Crippen molar-refractivity contribution in [3.8, 4) is 23.0 Å². The topological polar surface area (TPSA) is 95.1 Å². The van der Waals surface area contributed by atoms with Crippen molar-refractivity contribution in [3.63, 3.8) is 0 Å². The van der Waals surface area contributed by atoms with Crippen molar-refractivity contribution in [3.05, 3.63) is 77.9 Å². The zero-order chi connectivity index (χ0) is 25.9. The molecule has 8 nitrogen and oxygen atoms in total. The van der Waals surface area contributed by atoms with Crippen LogP contribution >= 0.6 is 0 Å². The van der Waals surface area contributed by atoms with Gasteiger partial charge in [-0.2, -0.15) is 0 Å². The Labute approximate surface area is 210 Å². The molecule has 0 aliphatic rings. The maximum absolute atomic E-state index is 12.7. The van der Waals surface area contributed by atoms with Crippen LogP contribution in [0.1, 0.15) is 29.8 Å². The van der Waals surface area contributed by atoms with E-state index in [2.05, 4.69) is 10.6 Å². The number of hydrogen-bond acceptors (Lipinski definition) is 6. The van der Waals surface area contributed by atoms with E-state index in [0.717, 1.165) is 5.56 Å². The predicted molar refractivity (Wildman–Crippen MR) is 140 cm³/mol. The minimum absolute atomic E-state index is 0.284. The molecule has 0 atom stereocenters. The molecule has 0 saturated carbocycles. The monoisotopic (exact) mass is 490 g/mol. The summed E-state index contributed by atoms with van der Waals surface area (Å²) >= 11 is 0. The van der Waals surface area contributed by atoms with E-state index in [-0.39, 0.29) is 11.8 Å². The number of nitrogens with one attached hydrogen (secondary N) is 2. The largest absolute Gasteiger partial charge is 0.493 e. The first-order valence-electron chi connectivity index (χ1n) is 11.5. The van der Waals surface area contributed by atoms with Crippen LogP contribution in [0, 0.1) is 0 Å². The van der Waals surface area contributed by atoms with E-state index in [1.165, 1.54) is 6.08 Å². The number of carbonyl (C=O) groups is 2. The van der Waals surface area contributed by atoms with E-state index >= 15 is 0 Å². The van der Waals surface area contributed by atoms with Gasteiger partial charge in [-0.1, -0.05) is 24.3 Å². The molecule has 0 fully saturated rings. The van der Waals surface area contributed by atoms with Crippen LogP contribution < -0.4 is 29.6 Å². The predicted octanol–water partition coefficient (Wildman–Crippen LogP) is 5.41. The average molecular weight is 491 g/mol. The maximum atomic E-state index is 12.7. The fourth-order valence-corrected chi connectivity index (χ4v) is 3.39. The normalized spacial score (nSPS) is 10.6. The standard InChI is InChI=1S/C28H30N2O6/c1-5-35-24-18-22(30-28(32)20-10-8-7-9-11-20)25(36-6-2)17-21(24)29-27(31)15-13-19-12-14-23(33-3)26(16-19)34-4/h7-18H,5-6H2,1-4H3,(H,29,31)(H,30,32)/b15-13+. The molecule has 36 heavy (non-hydrogen) atoms. The van der Waals surface area contributed by atoms with Crippen molar-refractivity contribution in [1.29, 1.82) is 0 Å². The van der Waals surface area contributed by atoms with E-state index in [1.54, 1.807) is 68.8 Å². The van der Waals surface area contributed by atoms with Gasteiger partial charge in [-0.05, 0) is 49.8 Å². The molecule has 3 aromatic rings. The Morgan fingerprint density at radius 1 is 0.750 bits per heavy atom. The second kappa shape index (κ2) is 12.9. The molecule has 188 valence electrons. The average Bonchev–Trinajstić information content (AvgIpc) is 2.90. The van der Waals surface area contributed by atoms with E-state index < -0.39 is 0 Å². The lowest BCUT2D eigenvalue weighted by molar-refractivity contribution is -0.111. The minimum Gasteiger partial charge on any atom is -0.493 e. The second-order valence-corrected chi connectivity index (χ2v) is 7.47. The van der Waals surface area contributed by atoms with Gasteiger partial charge in [-0.25, -0.2) is 0 Å². The Bertz CT molecular complexity index is 1220. The zero-order valence-corrected chi connectivity index (χ0v) is 20.8. The van der Waals surface area contributed by atoms with Gasteiger partial charge in [0.15, 0.2) is 11.5 Å². The molecular weight excluding hydrogens is 460 g/mol. The Morgan fingerprint density at radius 3 is 1.94 bits per heavy atom. The first-order valence-corrected chi connectivity index (χ1v) is 11.5. The molecule has 0 aromatic heterocycles. The van der Waals surface area contributed by atoms with E-state index in [0.29, 0.717) is 53.2 Å². The first kappa shape index (κ1) is 26.2. The Morgan fingerprint density at radius 2 is 1.36 bits per heavy atom. The molecule has 0 saturated heterocycles. The highest BCUT2D eigenvalue weighted by Gasteiger charge is 2.16. The van der Waals surface area contributed by atoms with Gasteiger partial charge in [0, 0.05) is 23.8 Å². The van der Waals surface area contributed by atoms with Gasteiger partial charge in [-0.15, -0.1) is 0 Å². The maximum Gasteiger partial charge on any atom is 0.255 e. The molecular formula is C28H30N2O6. The summed E-state index contributed by atoms with van der Waals surface area (Å²) in [7, 11) is 3.11. The molecule has 0 heterocycles. The fraction of sp³-hybridized carbons (Fsp3) is 0.214. The molecule has 0 spiro atoms. The summed E-state index contributed by atoms with van der Waals surface area (Å²) in [6, 6.07) is 17.5. The van der Waals surface area contributed by atoms with Crippen molar-refractivity contribution in [2.75, 3.05) is 38.1 Å². The fourth-order valence-electron chi connectivity index (χ4n) is 3.39. The molecule has 8 heteroatoms. The second-order valence-electron chi connectivity index (χ2n) is 7.47.